The van der Waals surface area contributed by atoms with Crippen molar-refractivity contribution in [2.45, 2.75) is 18.4 Å². The summed E-state index contributed by atoms with van der Waals surface area (Å²) < 4.78 is 6.96. The second-order valence-electron chi connectivity index (χ2n) is 3.28. The Kier molecular flexibility index (Phi) is 2.14. The van der Waals surface area contributed by atoms with E-state index in [2.05, 4.69) is 5.10 Å². The topological polar surface area (TPSA) is 44.1 Å². The summed E-state index contributed by atoms with van der Waals surface area (Å²) in [5.41, 5.74) is -0.457. The van der Waals surface area contributed by atoms with Crippen molar-refractivity contribution < 1.29 is 9.53 Å². The van der Waals surface area contributed by atoms with Gasteiger partial charge in [-0.3, -0.25) is 4.68 Å². The number of hydrogen-bond acceptors (Lipinski definition) is 3. The molecule has 0 spiro atoms. The first-order valence-electron chi connectivity index (χ1n) is 4.42. The minimum Gasteiger partial charge on any atom is -0.381 e. The Morgan fingerprint density at radius 2 is 2.23 bits per heavy atom. The normalized spacial score (nSPS) is 21.2. The molecule has 0 aliphatic carbocycles. The number of ether oxygens (including phenoxy) is 1. The summed E-state index contributed by atoms with van der Waals surface area (Å²) in [6, 6.07) is 1.83. The van der Waals surface area contributed by atoms with Gasteiger partial charge in [-0.05, 0) is 6.07 Å². The summed E-state index contributed by atoms with van der Waals surface area (Å²) >= 11 is 0. The Balaban J connectivity index is 2.28. The van der Waals surface area contributed by atoms with Crippen molar-refractivity contribution in [3.8, 4) is 0 Å². The quantitative estimate of drug-likeness (QED) is 0.625. The van der Waals surface area contributed by atoms with Gasteiger partial charge >= 0.3 is 0 Å². The maximum absolute atomic E-state index is 11.1. The third kappa shape index (κ3) is 1.37. The molecule has 1 aliphatic heterocycles. The molecule has 4 nitrogen and oxygen atoms in total. The highest BCUT2D eigenvalue weighted by Crippen LogP contribution is 2.25. The van der Waals surface area contributed by atoms with Gasteiger partial charge in [0.05, 0.1) is 0 Å². The van der Waals surface area contributed by atoms with Gasteiger partial charge < -0.3 is 9.53 Å². The molecule has 0 bridgehead atoms. The van der Waals surface area contributed by atoms with Crippen molar-refractivity contribution >= 4 is 6.29 Å². The second kappa shape index (κ2) is 3.30. The Hall–Kier alpha value is -1.16. The number of hydrogen-bond donors (Lipinski definition) is 0. The van der Waals surface area contributed by atoms with Crippen LogP contribution < -0.4 is 0 Å². The largest absolute Gasteiger partial charge is 0.381 e. The Morgan fingerprint density at radius 1 is 1.46 bits per heavy atom. The first-order valence-corrected chi connectivity index (χ1v) is 4.42. The van der Waals surface area contributed by atoms with Crippen molar-refractivity contribution in [2.24, 2.45) is 0 Å². The van der Waals surface area contributed by atoms with Gasteiger partial charge in [0.15, 0.2) is 0 Å². The van der Waals surface area contributed by atoms with Gasteiger partial charge in [-0.25, -0.2) is 0 Å². The lowest BCUT2D eigenvalue weighted by Gasteiger charge is -2.32. The highest BCUT2D eigenvalue weighted by Gasteiger charge is 2.34. The average Bonchev–Trinajstić information content (AvgIpc) is 2.72. The number of nitrogens with zero attached hydrogens (tertiary/aromatic N) is 2. The highest BCUT2D eigenvalue weighted by molar-refractivity contribution is 5.61. The number of carbonyl (C=O) groups is 1. The van der Waals surface area contributed by atoms with Gasteiger partial charge in [-0.15, -0.1) is 0 Å². The minimum absolute atomic E-state index is 0.457. The van der Waals surface area contributed by atoms with E-state index in [9.17, 15) is 4.79 Å². The van der Waals surface area contributed by atoms with Crippen LogP contribution in [0.2, 0.25) is 0 Å². The standard InChI is InChI=1S/C9H12N2O2/c12-8-9(2-6-13-7-3-9)11-5-1-4-10-11/h1,4-5,8H,2-3,6-7H2. The zero-order chi connectivity index (χ0) is 9.15. The van der Waals surface area contributed by atoms with E-state index in [1.807, 2.05) is 12.3 Å². The number of rotatable bonds is 2. The SMILES string of the molecule is O=CC1(n2cccn2)CCOCC1. The van der Waals surface area contributed by atoms with Crippen molar-refractivity contribution in [1.29, 1.82) is 0 Å². The van der Waals surface area contributed by atoms with E-state index in [0.29, 0.717) is 13.2 Å². The first kappa shape index (κ1) is 8.44. The second-order valence-corrected chi connectivity index (χ2v) is 3.28. The van der Waals surface area contributed by atoms with Gasteiger partial charge in [0.2, 0.25) is 0 Å². The zero-order valence-electron chi connectivity index (χ0n) is 7.35. The molecule has 0 N–H and O–H groups in total. The van der Waals surface area contributed by atoms with Crippen LogP contribution in [0.5, 0.6) is 0 Å². The molecule has 13 heavy (non-hydrogen) atoms. The Bertz CT molecular complexity index is 276. The van der Waals surface area contributed by atoms with E-state index in [-0.39, 0.29) is 0 Å². The molecule has 0 atom stereocenters. The van der Waals surface area contributed by atoms with Crippen LogP contribution in [0.15, 0.2) is 18.5 Å². The highest BCUT2D eigenvalue weighted by atomic mass is 16.5. The lowest BCUT2D eigenvalue weighted by atomic mass is 9.92. The van der Waals surface area contributed by atoms with Gasteiger partial charge in [0.25, 0.3) is 0 Å². The fourth-order valence-electron chi connectivity index (χ4n) is 1.66. The smallest absolute Gasteiger partial charge is 0.147 e. The number of carbonyl (C=O) groups excluding carboxylic acids is 1. The minimum atomic E-state index is -0.457. The molecule has 0 saturated carbocycles. The lowest BCUT2D eigenvalue weighted by Crippen LogP contribution is -2.41. The predicted molar refractivity (Wildman–Crippen MR) is 46.3 cm³/mol. The molecular formula is C9H12N2O2. The molecule has 0 radical (unpaired) electrons. The fourth-order valence-corrected chi connectivity index (χ4v) is 1.66. The van der Waals surface area contributed by atoms with Crippen molar-refractivity contribution in [2.75, 3.05) is 13.2 Å². The van der Waals surface area contributed by atoms with Gasteiger partial charge in [0.1, 0.15) is 11.8 Å². The van der Waals surface area contributed by atoms with Gasteiger partial charge in [-0.2, -0.15) is 5.10 Å². The molecular weight excluding hydrogens is 168 g/mol. The van der Waals surface area contributed by atoms with Crippen molar-refractivity contribution in [1.82, 2.24) is 9.78 Å². The molecule has 1 aromatic heterocycles. The van der Waals surface area contributed by atoms with Gasteiger partial charge in [-0.1, -0.05) is 0 Å². The van der Waals surface area contributed by atoms with E-state index in [1.165, 1.54) is 0 Å². The zero-order valence-corrected chi connectivity index (χ0v) is 7.35. The lowest BCUT2D eigenvalue weighted by molar-refractivity contribution is -0.120. The van der Waals surface area contributed by atoms with Crippen LogP contribution in [0.4, 0.5) is 0 Å². The summed E-state index contributed by atoms with van der Waals surface area (Å²) in [4.78, 5) is 11.1. The predicted octanol–water partition coefficient (Wildman–Crippen LogP) is 0.588. The molecule has 2 heterocycles. The monoisotopic (exact) mass is 180 g/mol. The van der Waals surface area contributed by atoms with Crippen LogP contribution in [-0.4, -0.2) is 29.3 Å². The molecule has 0 aromatic carbocycles. The van der Waals surface area contributed by atoms with E-state index in [0.717, 1.165) is 19.1 Å². The molecule has 1 fully saturated rings. The van der Waals surface area contributed by atoms with Crippen molar-refractivity contribution in [3.63, 3.8) is 0 Å². The van der Waals surface area contributed by atoms with Crippen LogP contribution in [0.3, 0.4) is 0 Å². The molecule has 70 valence electrons. The van der Waals surface area contributed by atoms with E-state index in [1.54, 1.807) is 10.9 Å². The Labute approximate surface area is 76.5 Å². The number of aromatic nitrogens is 2. The Morgan fingerprint density at radius 3 is 2.77 bits per heavy atom. The maximum Gasteiger partial charge on any atom is 0.147 e. The fraction of sp³-hybridized carbons (Fsp3) is 0.556. The molecule has 1 saturated heterocycles. The first-order chi connectivity index (χ1) is 6.37. The molecule has 4 heteroatoms. The summed E-state index contributed by atoms with van der Waals surface area (Å²) in [6.07, 6.45) is 5.96. The van der Waals surface area contributed by atoms with E-state index < -0.39 is 5.54 Å². The molecule has 1 aliphatic rings. The maximum atomic E-state index is 11.1. The average molecular weight is 180 g/mol. The van der Waals surface area contributed by atoms with Crippen LogP contribution in [0.1, 0.15) is 12.8 Å². The molecule has 2 rings (SSSR count). The van der Waals surface area contributed by atoms with Crippen molar-refractivity contribution in [3.05, 3.63) is 18.5 Å². The van der Waals surface area contributed by atoms with Crippen LogP contribution in [0, 0.1) is 0 Å². The van der Waals surface area contributed by atoms with E-state index >= 15 is 0 Å². The van der Waals surface area contributed by atoms with Crippen LogP contribution in [0.25, 0.3) is 0 Å². The summed E-state index contributed by atoms with van der Waals surface area (Å²) in [5, 5.41) is 4.11. The summed E-state index contributed by atoms with van der Waals surface area (Å²) in [6.45, 7) is 1.27. The molecule has 0 unspecified atom stereocenters. The summed E-state index contributed by atoms with van der Waals surface area (Å²) in [7, 11) is 0. The van der Waals surface area contributed by atoms with Gasteiger partial charge in [0, 0.05) is 38.4 Å². The third-order valence-corrected chi connectivity index (χ3v) is 2.54. The molecule has 0 amide bonds. The number of aldehydes is 1. The third-order valence-electron chi connectivity index (χ3n) is 2.54. The van der Waals surface area contributed by atoms with Crippen LogP contribution >= 0.6 is 0 Å². The summed E-state index contributed by atoms with van der Waals surface area (Å²) in [5.74, 6) is 0. The van der Waals surface area contributed by atoms with E-state index in [4.69, 9.17) is 4.74 Å². The molecule has 1 aromatic rings. The van der Waals surface area contributed by atoms with Crippen LogP contribution in [-0.2, 0) is 15.1 Å².